The number of nitrogens with one attached hydrogen (secondary N) is 1. The van der Waals surface area contributed by atoms with Crippen LogP contribution in [0.3, 0.4) is 0 Å². The summed E-state index contributed by atoms with van der Waals surface area (Å²) < 4.78 is 7.61. The predicted molar refractivity (Wildman–Crippen MR) is 100 cm³/mol. The lowest BCUT2D eigenvalue weighted by atomic mass is 9.87. The highest BCUT2D eigenvalue weighted by atomic mass is 32.1. The van der Waals surface area contributed by atoms with Crippen LogP contribution in [0, 0.1) is 12.8 Å². The third kappa shape index (κ3) is 3.47. The first-order chi connectivity index (χ1) is 12.1. The van der Waals surface area contributed by atoms with Crippen LogP contribution in [-0.4, -0.2) is 34.9 Å². The van der Waals surface area contributed by atoms with Gasteiger partial charge in [-0.3, -0.25) is 9.48 Å². The minimum atomic E-state index is 0.0821. The van der Waals surface area contributed by atoms with Crippen molar-refractivity contribution in [1.82, 2.24) is 15.1 Å². The molecule has 25 heavy (non-hydrogen) atoms. The van der Waals surface area contributed by atoms with Gasteiger partial charge in [0.05, 0.1) is 16.6 Å². The Kier molecular flexibility index (Phi) is 4.82. The summed E-state index contributed by atoms with van der Waals surface area (Å²) in [7, 11) is 0. The van der Waals surface area contributed by atoms with Crippen molar-refractivity contribution in [2.24, 2.45) is 5.92 Å². The highest BCUT2D eigenvalue weighted by molar-refractivity contribution is 7.20. The first-order valence-electron chi connectivity index (χ1n) is 9.49. The second kappa shape index (κ2) is 7.08. The van der Waals surface area contributed by atoms with Crippen molar-refractivity contribution in [2.75, 3.05) is 13.2 Å². The normalized spacial score (nSPS) is 25.4. The van der Waals surface area contributed by atoms with Gasteiger partial charge in [0.2, 0.25) is 0 Å². The van der Waals surface area contributed by atoms with Crippen molar-refractivity contribution in [3.05, 3.63) is 16.6 Å². The summed E-state index contributed by atoms with van der Waals surface area (Å²) in [4.78, 5) is 14.7. The lowest BCUT2D eigenvalue weighted by Crippen LogP contribution is -2.36. The van der Waals surface area contributed by atoms with E-state index in [9.17, 15) is 4.79 Å². The van der Waals surface area contributed by atoms with Crippen molar-refractivity contribution < 1.29 is 9.53 Å². The zero-order valence-electron chi connectivity index (χ0n) is 15.1. The van der Waals surface area contributed by atoms with E-state index in [2.05, 4.69) is 16.9 Å². The molecule has 2 fully saturated rings. The molecule has 3 heterocycles. The van der Waals surface area contributed by atoms with Crippen molar-refractivity contribution in [3.63, 3.8) is 0 Å². The van der Waals surface area contributed by atoms with Crippen LogP contribution in [0.15, 0.2) is 6.07 Å². The average molecular weight is 362 g/mol. The number of nitrogens with zero attached hydrogens (tertiary/aromatic N) is 2. The van der Waals surface area contributed by atoms with Gasteiger partial charge in [-0.05, 0) is 57.4 Å². The van der Waals surface area contributed by atoms with Crippen LogP contribution < -0.4 is 5.32 Å². The summed E-state index contributed by atoms with van der Waals surface area (Å²) in [5, 5.41) is 9.11. The van der Waals surface area contributed by atoms with Crippen LogP contribution in [0.5, 0.6) is 0 Å². The molecule has 0 atom stereocenters. The standard InChI is InChI=1S/C19H27N3O2S/c1-12-3-5-14(6-4-12)20-18(23)17-11-16-13(2)21-22(19(16)25-17)15-7-9-24-10-8-15/h11-12,14-15H,3-10H2,1-2H3,(H,20,23). The Morgan fingerprint density at radius 3 is 2.68 bits per heavy atom. The number of aryl methyl sites for hydroxylation is 1. The number of fused-ring (bicyclic) bond motifs is 1. The van der Waals surface area contributed by atoms with Gasteiger partial charge in [0.15, 0.2) is 0 Å². The second-order valence-corrected chi connectivity index (χ2v) is 8.66. The SMILES string of the molecule is Cc1nn(C2CCOCC2)c2sc(C(=O)NC3CCC(C)CC3)cc12. The summed E-state index contributed by atoms with van der Waals surface area (Å²) in [6.45, 7) is 5.93. The number of carbonyl (C=O) groups is 1. The first kappa shape index (κ1) is 17.0. The van der Waals surface area contributed by atoms with Crippen molar-refractivity contribution >= 4 is 27.5 Å². The van der Waals surface area contributed by atoms with Crippen LogP contribution in [0.25, 0.3) is 10.2 Å². The van der Waals surface area contributed by atoms with Gasteiger partial charge in [0.1, 0.15) is 4.83 Å². The van der Waals surface area contributed by atoms with E-state index < -0.39 is 0 Å². The van der Waals surface area contributed by atoms with Gasteiger partial charge >= 0.3 is 0 Å². The molecule has 2 aromatic rings. The second-order valence-electron chi connectivity index (χ2n) is 7.63. The Labute approximate surface area is 152 Å². The average Bonchev–Trinajstić information content (AvgIpc) is 3.19. The van der Waals surface area contributed by atoms with E-state index in [1.165, 1.54) is 12.8 Å². The molecule has 1 aliphatic carbocycles. The van der Waals surface area contributed by atoms with E-state index >= 15 is 0 Å². The zero-order valence-corrected chi connectivity index (χ0v) is 15.9. The molecule has 5 nitrogen and oxygen atoms in total. The fourth-order valence-corrected chi connectivity index (χ4v) is 5.16. The van der Waals surface area contributed by atoms with Crippen LogP contribution in [0.2, 0.25) is 0 Å². The van der Waals surface area contributed by atoms with E-state index in [0.717, 1.165) is 65.6 Å². The molecular weight excluding hydrogens is 334 g/mol. The summed E-state index contributed by atoms with van der Waals surface area (Å²) in [6, 6.07) is 2.75. The molecule has 6 heteroatoms. The number of thiophene rings is 1. The Morgan fingerprint density at radius 2 is 1.96 bits per heavy atom. The van der Waals surface area contributed by atoms with Crippen LogP contribution in [0.4, 0.5) is 0 Å². The Hall–Kier alpha value is -1.40. The number of rotatable bonds is 3. The lowest BCUT2D eigenvalue weighted by Gasteiger charge is -2.26. The Balaban J connectivity index is 1.53. The van der Waals surface area contributed by atoms with E-state index in [1.54, 1.807) is 11.3 Å². The minimum absolute atomic E-state index is 0.0821. The number of aromatic nitrogens is 2. The topological polar surface area (TPSA) is 56.2 Å². The predicted octanol–water partition coefficient (Wildman–Crippen LogP) is 4.07. The van der Waals surface area contributed by atoms with E-state index in [1.807, 2.05) is 13.0 Å². The largest absolute Gasteiger partial charge is 0.381 e. The maximum Gasteiger partial charge on any atom is 0.261 e. The van der Waals surface area contributed by atoms with Gasteiger partial charge in [-0.25, -0.2) is 0 Å². The van der Waals surface area contributed by atoms with Gasteiger partial charge in [0, 0.05) is 24.6 Å². The molecule has 0 radical (unpaired) electrons. The lowest BCUT2D eigenvalue weighted by molar-refractivity contribution is 0.0675. The molecule has 136 valence electrons. The molecule has 0 spiro atoms. The smallest absolute Gasteiger partial charge is 0.261 e. The van der Waals surface area contributed by atoms with Gasteiger partial charge < -0.3 is 10.1 Å². The van der Waals surface area contributed by atoms with Gasteiger partial charge in [-0.2, -0.15) is 5.10 Å². The number of hydrogen-bond donors (Lipinski definition) is 1. The maximum absolute atomic E-state index is 12.7. The van der Waals surface area contributed by atoms with E-state index in [-0.39, 0.29) is 5.91 Å². The quantitative estimate of drug-likeness (QED) is 0.897. The molecule has 4 rings (SSSR count). The monoisotopic (exact) mass is 361 g/mol. The first-order valence-corrected chi connectivity index (χ1v) is 10.3. The third-order valence-electron chi connectivity index (χ3n) is 5.68. The van der Waals surface area contributed by atoms with Gasteiger partial charge in [0.25, 0.3) is 5.91 Å². The molecule has 1 saturated heterocycles. The Morgan fingerprint density at radius 1 is 1.24 bits per heavy atom. The number of ether oxygens (including phenoxy) is 1. The summed E-state index contributed by atoms with van der Waals surface area (Å²) in [6.07, 6.45) is 6.63. The van der Waals surface area contributed by atoms with E-state index in [4.69, 9.17) is 9.84 Å². The molecule has 2 aliphatic rings. The third-order valence-corrected chi connectivity index (χ3v) is 6.80. The molecule has 2 aromatic heterocycles. The summed E-state index contributed by atoms with van der Waals surface area (Å²) >= 11 is 1.58. The zero-order chi connectivity index (χ0) is 17.4. The summed E-state index contributed by atoms with van der Waals surface area (Å²) in [5.74, 6) is 0.879. The maximum atomic E-state index is 12.7. The van der Waals surface area contributed by atoms with Gasteiger partial charge in [-0.15, -0.1) is 11.3 Å². The van der Waals surface area contributed by atoms with E-state index in [0.29, 0.717) is 12.1 Å². The molecule has 1 saturated carbocycles. The highest BCUT2D eigenvalue weighted by Crippen LogP contribution is 2.33. The minimum Gasteiger partial charge on any atom is -0.381 e. The molecule has 1 N–H and O–H groups in total. The Bertz CT molecular complexity index is 752. The number of carbonyl (C=O) groups excluding carboxylic acids is 1. The molecule has 1 amide bonds. The molecule has 1 aliphatic heterocycles. The molecule has 0 aromatic carbocycles. The fourth-order valence-electron chi connectivity index (χ4n) is 4.02. The van der Waals surface area contributed by atoms with Crippen molar-refractivity contribution in [1.29, 1.82) is 0 Å². The highest BCUT2D eigenvalue weighted by Gasteiger charge is 2.24. The van der Waals surface area contributed by atoms with Crippen LogP contribution in [0.1, 0.15) is 66.9 Å². The van der Waals surface area contributed by atoms with Crippen LogP contribution in [-0.2, 0) is 4.74 Å². The molecule has 0 bridgehead atoms. The number of amides is 1. The number of hydrogen-bond acceptors (Lipinski definition) is 4. The van der Waals surface area contributed by atoms with Crippen molar-refractivity contribution in [3.8, 4) is 0 Å². The fraction of sp³-hybridized carbons (Fsp3) is 0.684. The summed E-state index contributed by atoms with van der Waals surface area (Å²) in [5.41, 5.74) is 1.02. The van der Waals surface area contributed by atoms with Gasteiger partial charge in [-0.1, -0.05) is 6.92 Å². The van der Waals surface area contributed by atoms with Crippen LogP contribution >= 0.6 is 11.3 Å². The molecular formula is C19H27N3O2S. The van der Waals surface area contributed by atoms with Crippen molar-refractivity contribution in [2.45, 2.75) is 64.5 Å². The molecule has 0 unspecified atom stereocenters.